The van der Waals surface area contributed by atoms with E-state index in [0.717, 1.165) is 11.1 Å². The van der Waals surface area contributed by atoms with Crippen LogP contribution in [-0.2, 0) is 25.5 Å². The summed E-state index contributed by atoms with van der Waals surface area (Å²) in [7, 11) is 0. The summed E-state index contributed by atoms with van der Waals surface area (Å²) in [6.07, 6.45) is 0.344. The van der Waals surface area contributed by atoms with E-state index in [2.05, 4.69) is 16.0 Å². The van der Waals surface area contributed by atoms with Crippen LogP contribution < -0.4 is 16.0 Å². The zero-order chi connectivity index (χ0) is 21.5. The van der Waals surface area contributed by atoms with Gasteiger partial charge in [-0.2, -0.15) is 0 Å². The van der Waals surface area contributed by atoms with Crippen LogP contribution in [0.5, 0.6) is 0 Å². The van der Waals surface area contributed by atoms with Gasteiger partial charge in [-0.3, -0.25) is 19.7 Å². The first-order valence-electron chi connectivity index (χ1n) is 10.1. The van der Waals surface area contributed by atoms with Crippen molar-refractivity contribution in [2.45, 2.75) is 44.4 Å². The maximum absolute atomic E-state index is 13.0. The Morgan fingerprint density at radius 1 is 0.967 bits per heavy atom. The molecule has 0 spiro atoms. The fourth-order valence-corrected chi connectivity index (χ4v) is 3.26. The first-order valence-corrected chi connectivity index (χ1v) is 10.1. The van der Waals surface area contributed by atoms with Gasteiger partial charge in [-0.05, 0) is 25.0 Å². The molecule has 0 unspecified atom stereocenters. The van der Waals surface area contributed by atoms with Crippen molar-refractivity contribution in [3.8, 4) is 0 Å². The van der Waals surface area contributed by atoms with E-state index in [-0.39, 0.29) is 18.6 Å². The van der Waals surface area contributed by atoms with Crippen LogP contribution in [0.3, 0.4) is 0 Å². The number of hydrogen-bond donors (Lipinski definition) is 3. The maximum Gasteiger partial charge on any atom is 0.325 e. The number of amides is 2. The first-order chi connectivity index (χ1) is 14.5. The summed E-state index contributed by atoms with van der Waals surface area (Å²) in [5, 5.41) is 8.57. The van der Waals surface area contributed by atoms with Crippen LogP contribution in [0, 0.1) is 0 Å². The monoisotopic (exact) mass is 409 g/mol. The van der Waals surface area contributed by atoms with Gasteiger partial charge in [-0.15, -0.1) is 0 Å². The number of benzene rings is 2. The van der Waals surface area contributed by atoms with Crippen LogP contribution in [0.2, 0.25) is 0 Å². The third kappa shape index (κ3) is 5.67. The summed E-state index contributed by atoms with van der Waals surface area (Å²) in [4.78, 5) is 37.4. The second kappa shape index (κ2) is 10.0. The van der Waals surface area contributed by atoms with Crippen molar-refractivity contribution in [1.29, 1.82) is 0 Å². The Bertz CT molecular complexity index is 873. The molecule has 4 atom stereocenters. The number of rotatable bonds is 9. The van der Waals surface area contributed by atoms with Crippen LogP contribution in [0.15, 0.2) is 60.7 Å². The number of hydrogen-bond acceptors (Lipinski definition) is 5. The zero-order valence-electron chi connectivity index (χ0n) is 17.1. The molecule has 0 radical (unpaired) electrons. The number of ether oxygens (including phenoxy) is 1. The third-order valence-corrected chi connectivity index (χ3v) is 4.98. The van der Waals surface area contributed by atoms with E-state index in [0.29, 0.717) is 6.42 Å². The molecule has 0 aromatic heterocycles. The summed E-state index contributed by atoms with van der Waals surface area (Å²) >= 11 is 0. The molecule has 2 amide bonds. The highest BCUT2D eigenvalue weighted by Gasteiger charge is 2.49. The molecule has 1 saturated heterocycles. The fourth-order valence-electron chi connectivity index (χ4n) is 3.26. The average molecular weight is 409 g/mol. The van der Waals surface area contributed by atoms with Gasteiger partial charge in [0.05, 0.1) is 12.6 Å². The Kier molecular flexibility index (Phi) is 7.19. The van der Waals surface area contributed by atoms with Gasteiger partial charge in [0.2, 0.25) is 11.8 Å². The molecule has 7 nitrogen and oxygen atoms in total. The van der Waals surface area contributed by atoms with Crippen molar-refractivity contribution in [3.63, 3.8) is 0 Å². The Morgan fingerprint density at radius 3 is 2.23 bits per heavy atom. The van der Waals surface area contributed by atoms with Gasteiger partial charge in [0.15, 0.2) is 0 Å². The third-order valence-electron chi connectivity index (χ3n) is 4.98. The predicted octanol–water partition coefficient (Wildman–Crippen LogP) is 1.49. The Balaban J connectivity index is 1.66. The predicted molar refractivity (Wildman–Crippen MR) is 112 cm³/mol. The van der Waals surface area contributed by atoms with Crippen LogP contribution in [0.25, 0.3) is 0 Å². The van der Waals surface area contributed by atoms with E-state index in [1.807, 2.05) is 67.6 Å². The largest absolute Gasteiger partial charge is 0.465 e. The van der Waals surface area contributed by atoms with E-state index >= 15 is 0 Å². The molecule has 2 aromatic carbocycles. The second-order valence-corrected chi connectivity index (χ2v) is 7.27. The number of carbonyl (C=O) groups excluding carboxylic acids is 3. The molecule has 3 N–H and O–H groups in total. The fraction of sp³-hybridized carbons (Fsp3) is 0.348. The minimum Gasteiger partial charge on any atom is -0.465 e. The lowest BCUT2D eigenvalue weighted by molar-refractivity contribution is -0.143. The molecular weight excluding hydrogens is 382 g/mol. The quantitative estimate of drug-likeness (QED) is 0.430. The molecule has 1 heterocycles. The van der Waals surface area contributed by atoms with Crippen molar-refractivity contribution in [2.24, 2.45) is 0 Å². The van der Waals surface area contributed by atoms with Gasteiger partial charge in [0, 0.05) is 6.42 Å². The molecule has 3 rings (SSSR count). The minimum absolute atomic E-state index is 0.208. The smallest absolute Gasteiger partial charge is 0.325 e. The normalized spacial score (nSPS) is 19.3. The van der Waals surface area contributed by atoms with Crippen molar-refractivity contribution < 1.29 is 19.1 Å². The van der Waals surface area contributed by atoms with Gasteiger partial charge in [-0.1, -0.05) is 60.7 Å². The number of esters is 1. The van der Waals surface area contributed by atoms with Crippen molar-refractivity contribution in [1.82, 2.24) is 16.0 Å². The zero-order valence-corrected chi connectivity index (χ0v) is 17.1. The molecule has 0 saturated carbocycles. The molecule has 1 fully saturated rings. The summed E-state index contributed by atoms with van der Waals surface area (Å²) < 4.78 is 4.94. The standard InChI is InChI=1S/C23H27N3O4/c1-3-30-23(29)20-19(26-20)22(28)25-18(14-16-10-6-4-7-11-16)21(27)24-15(2)17-12-8-5-9-13-17/h4-13,15,18-20,26H,3,14H2,1-2H3,(H,24,27)(H,25,28)/t15-,18+,19+,20+/m1/s1. The molecule has 7 heteroatoms. The summed E-state index contributed by atoms with van der Waals surface area (Å²) in [5.41, 5.74) is 1.90. The van der Waals surface area contributed by atoms with E-state index < -0.39 is 30.0 Å². The summed E-state index contributed by atoms with van der Waals surface area (Å²) in [6.45, 7) is 3.86. The highest BCUT2D eigenvalue weighted by Crippen LogP contribution is 2.15. The van der Waals surface area contributed by atoms with Crippen molar-refractivity contribution >= 4 is 17.8 Å². The lowest BCUT2D eigenvalue weighted by Crippen LogP contribution is -2.50. The van der Waals surface area contributed by atoms with Gasteiger partial charge >= 0.3 is 5.97 Å². The number of nitrogens with one attached hydrogen (secondary N) is 3. The second-order valence-electron chi connectivity index (χ2n) is 7.27. The van der Waals surface area contributed by atoms with E-state index in [1.54, 1.807) is 6.92 Å². The van der Waals surface area contributed by atoms with Crippen molar-refractivity contribution in [3.05, 3.63) is 71.8 Å². The van der Waals surface area contributed by atoms with E-state index in [9.17, 15) is 14.4 Å². The summed E-state index contributed by atoms with van der Waals surface area (Å²) in [6, 6.07) is 16.8. The van der Waals surface area contributed by atoms with E-state index in [1.165, 1.54) is 0 Å². The molecule has 0 aliphatic carbocycles. The van der Waals surface area contributed by atoms with Crippen molar-refractivity contribution in [2.75, 3.05) is 6.61 Å². The number of carbonyl (C=O) groups is 3. The van der Waals surface area contributed by atoms with Gasteiger partial charge in [0.25, 0.3) is 0 Å². The van der Waals surface area contributed by atoms with Crippen LogP contribution >= 0.6 is 0 Å². The van der Waals surface area contributed by atoms with Crippen LogP contribution in [0.1, 0.15) is 31.0 Å². The van der Waals surface area contributed by atoms with Crippen LogP contribution in [-0.4, -0.2) is 42.5 Å². The SMILES string of the molecule is CCOC(=O)[C@H]1N[C@@H]1C(=O)N[C@@H](Cc1ccccc1)C(=O)N[C@H](C)c1ccccc1. The topological polar surface area (TPSA) is 106 Å². The molecule has 0 bridgehead atoms. The van der Waals surface area contributed by atoms with E-state index in [4.69, 9.17) is 4.74 Å². The highest BCUT2D eigenvalue weighted by atomic mass is 16.5. The maximum atomic E-state index is 13.0. The first kappa shape index (κ1) is 21.5. The lowest BCUT2D eigenvalue weighted by Gasteiger charge is -2.22. The molecule has 1 aliphatic heterocycles. The Morgan fingerprint density at radius 2 is 1.60 bits per heavy atom. The molecular formula is C23H27N3O4. The van der Waals surface area contributed by atoms with Gasteiger partial charge in [-0.25, -0.2) is 0 Å². The van der Waals surface area contributed by atoms with Gasteiger partial charge < -0.3 is 15.4 Å². The average Bonchev–Trinajstić information content (AvgIpc) is 3.56. The van der Waals surface area contributed by atoms with Gasteiger partial charge in [0.1, 0.15) is 18.1 Å². The Labute approximate surface area is 176 Å². The molecule has 2 aromatic rings. The molecule has 30 heavy (non-hydrogen) atoms. The Hall–Kier alpha value is -3.19. The lowest BCUT2D eigenvalue weighted by atomic mass is 10.0. The summed E-state index contributed by atoms with van der Waals surface area (Å²) in [5.74, 6) is -1.13. The van der Waals surface area contributed by atoms with Crippen LogP contribution in [0.4, 0.5) is 0 Å². The highest BCUT2D eigenvalue weighted by molar-refractivity contribution is 5.97. The minimum atomic E-state index is -0.767. The molecule has 158 valence electrons. The molecule has 1 aliphatic rings.